The highest BCUT2D eigenvalue weighted by molar-refractivity contribution is 6.06. The van der Waals surface area contributed by atoms with Crippen LogP contribution in [0, 0.1) is 0 Å². The number of nitrogens with zero attached hydrogens (tertiary/aromatic N) is 3. The Labute approximate surface area is 306 Å². The molecule has 3 aromatic heterocycles. The summed E-state index contributed by atoms with van der Waals surface area (Å²) in [7, 11) is 0. The third-order valence-electron chi connectivity index (χ3n) is 9.99. The van der Waals surface area contributed by atoms with Gasteiger partial charge in [0.05, 0.1) is 11.4 Å². The zero-order valence-electron chi connectivity index (χ0n) is 28.6. The normalized spacial score (nSPS) is 11.4. The maximum absolute atomic E-state index is 6.21. The number of rotatable bonds is 6. The molecule has 0 saturated carbocycles. The Morgan fingerprint density at radius 3 is 1.89 bits per heavy atom. The molecule has 4 nitrogen and oxygen atoms in total. The molecule has 53 heavy (non-hydrogen) atoms. The Balaban J connectivity index is 1.23. The van der Waals surface area contributed by atoms with Crippen LogP contribution in [0.15, 0.2) is 193 Å². The molecule has 0 atom stereocenters. The van der Waals surface area contributed by atoms with Crippen LogP contribution in [-0.2, 0) is 0 Å². The fraction of sp³-hybridized carbons (Fsp3) is 0. The van der Waals surface area contributed by atoms with E-state index in [1.54, 1.807) is 0 Å². The van der Waals surface area contributed by atoms with E-state index in [1.165, 1.54) is 16.3 Å². The van der Waals surface area contributed by atoms with Crippen LogP contribution in [0.4, 0.5) is 0 Å². The van der Waals surface area contributed by atoms with Crippen LogP contribution in [0.5, 0.6) is 0 Å². The van der Waals surface area contributed by atoms with Crippen LogP contribution < -0.4 is 0 Å². The maximum Gasteiger partial charge on any atom is 0.160 e. The third kappa shape index (κ3) is 5.63. The van der Waals surface area contributed by atoms with Gasteiger partial charge in [0, 0.05) is 39.9 Å². The van der Waals surface area contributed by atoms with E-state index < -0.39 is 0 Å². The highest BCUT2D eigenvalue weighted by atomic mass is 16.3. The summed E-state index contributed by atoms with van der Waals surface area (Å²) in [5.74, 6) is 0.672. The van der Waals surface area contributed by atoms with Crippen molar-refractivity contribution in [3.63, 3.8) is 0 Å². The molecule has 10 aromatic rings. The first kappa shape index (κ1) is 30.6. The van der Waals surface area contributed by atoms with E-state index in [1.807, 2.05) is 54.9 Å². The van der Waals surface area contributed by atoms with E-state index in [0.29, 0.717) is 5.82 Å². The molecule has 0 aliphatic heterocycles. The largest absolute Gasteiger partial charge is 0.456 e. The minimum absolute atomic E-state index is 0.672. The van der Waals surface area contributed by atoms with Crippen molar-refractivity contribution in [1.29, 1.82) is 0 Å². The summed E-state index contributed by atoms with van der Waals surface area (Å²) in [5, 5.41) is 4.61. The fourth-order valence-electron chi connectivity index (χ4n) is 7.42. The number of fused-ring (bicyclic) bond motifs is 4. The summed E-state index contributed by atoms with van der Waals surface area (Å²) in [4.78, 5) is 14.8. The molecule has 10 rings (SSSR count). The summed E-state index contributed by atoms with van der Waals surface area (Å²) < 4.78 is 6.21. The zero-order chi connectivity index (χ0) is 35.1. The standard InChI is InChI=1S/C49H31N3O/c1-2-12-34(13-3-1)49-51-45(31-46(52-49)42-17-7-6-16-40(42)33-23-25-50-26-24-33)38-28-36(27-37(29-38)41-19-10-14-32-11-4-5-15-39(32)41)35-21-22-48-44(30-35)43-18-8-9-20-47(43)53-48/h1-31H. The van der Waals surface area contributed by atoms with Crippen molar-refractivity contribution in [2.24, 2.45) is 0 Å². The van der Waals surface area contributed by atoms with Gasteiger partial charge in [-0.3, -0.25) is 4.98 Å². The van der Waals surface area contributed by atoms with Crippen LogP contribution in [0.3, 0.4) is 0 Å². The molecule has 0 fully saturated rings. The van der Waals surface area contributed by atoms with Gasteiger partial charge in [-0.25, -0.2) is 9.97 Å². The molecule has 0 spiro atoms. The van der Waals surface area contributed by atoms with Crippen molar-refractivity contribution in [3.05, 3.63) is 188 Å². The van der Waals surface area contributed by atoms with E-state index in [9.17, 15) is 0 Å². The van der Waals surface area contributed by atoms with E-state index in [4.69, 9.17) is 14.4 Å². The van der Waals surface area contributed by atoms with Gasteiger partial charge in [0.25, 0.3) is 0 Å². The Morgan fingerprint density at radius 1 is 0.340 bits per heavy atom. The highest BCUT2D eigenvalue weighted by Gasteiger charge is 2.17. The molecule has 4 heteroatoms. The molecule has 7 aromatic carbocycles. The Hall–Kier alpha value is -7.17. The van der Waals surface area contributed by atoms with Crippen LogP contribution in [0.25, 0.3) is 100.0 Å². The third-order valence-corrected chi connectivity index (χ3v) is 9.99. The molecular weight excluding hydrogens is 647 g/mol. The van der Waals surface area contributed by atoms with Crippen LogP contribution in [-0.4, -0.2) is 15.0 Å². The lowest BCUT2D eigenvalue weighted by Gasteiger charge is -2.15. The lowest BCUT2D eigenvalue weighted by molar-refractivity contribution is 0.669. The monoisotopic (exact) mass is 677 g/mol. The molecule has 0 amide bonds. The molecule has 0 aliphatic rings. The predicted octanol–water partition coefficient (Wildman–Crippen LogP) is 12.9. The van der Waals surface area contributed by atoms with Gasteiger partial charge in [-0.05, 0) is 98.8 Å². The fourth-order valence-corrected chi connectivity index (χ4v) is 7.42. The number of aromatic nitrogens is 3. The molecule has 0 unspecified atom stereocenters. The molecule has 0 aliphatic carbocycles. The first-order chi connectivity index (χ1) is 26.2. The second-order valence-corrected chi connectivity index (χ2v) is 13.2. The van der Waals surface area contributed by atoms with Gasteiger partial charge in [0.15, 0.2) is 5.82 Å². The van der Waals surface area contributed by atoms with Crippen LogP contribution in [0.2, 0.25) is 0 Å². The Kier molecular flexibility index (Phi) is 7.43. The minimum Gasteiger partial charge on any atom is -0.456 e. The number of pyridine rings is 1. The van der Waals surface area contributed by atoms with Crippen molar-refractivity contribution >= 4 is 32.7 Å². The first-order valence-corrected chi connectivity index (χ1v) is 17.7. The summed E-state index contributed by atoms with van der Waals surface area (Å²) in [6.45, 7) is 0. The van der Waals surface area contributed by atoms with Crippen molar-refractivity contribution in [2.75, 3.05) is 0 Å². The second kappa shape index (κ2) is 12.9. The molecular formula is C49H31N3O. The van der Waals surface area contributed by atoms with Gasteiger partial charge >= 0.3 is 0 Å². The van der Waals surface area contributed by atoms with E-state index in [2.05, 4.69) is 138 Å². The first-order valence-electron chi connectivity index (χ1n) is 17.7. The zero-order valence-corrected chi connectivity index (χ0v) is 28.6. The van der Waals surface area contributed by atoms with Gasteiger partial charge in [-0.15, -0.1) is 0 Å². The molecule has 0 radical (unpaired) electrons. The van der Waals surface area contributed by atoms with E-state index in [0.717, 1.165) is 77.8 Å². The van der Waals surface area contributed by atoms with Crippen molar-refractivity contribution in [2.45, 2.75) is 0 Å². The number of hydrogen-bond donors (Lipinski definition) is 0. The van der Waals surface area contributed by atoms with Crippen molar-refractivity contribution < 1.29 is 4.42 Å². The Morgan fingerprint density at radius 2 is 1.00 bits per heavy atom. The SMILES string of the molecule is c1ccc(-c2nc(-c3cc(-c4ccc5oc6ccccc6c5c4)cc(-c4cccc5ccccc45)c3)cc(-c3ccccc3-c3ccncc3)n2)cc1. The molecule has 248 valence electrons. The maximum atomic E-state index is 6.21. The smallest absolute Gasteiger partial charge is 0.160 e. The molecule has 0 bridgehead atoms. The molecule has 0 saturated heterocycles. The predicted molar refractivity (Wildman–Crippen MR) is 217 cm³/mol. The van der Waals surface area contributed by atoms with Gasteiger partial charge in [0.1, 0.15) is 11.2 Å². The van der Waals surface area contributed by atoms with Crippen molar-refractivity contribution in [1.82, 2.24) is 15.0 Å². The summed E-state index contributed by atoms with van der Waals surface area (Å²) >= 11 is 0. The number of furan rings is 1. The minimum atomic E-state index is 0.672. The van der Waals surface area contributed by atoms with Crippen LogP contribution >= 0.6 is 0 Å². The Bertz CT molecular complexity index is 2940. The summed E-state index contributed by atoms with van der Waals surface area (Å²) in [5.41, 5.74) is 13.1. The average molecular weight is 678 g/mol. The summed E-state index contributed by atoms with van der Waals surface area (Å²) in [6.07, 6.45) is 3.66. The second-order valence-electron chi connectivity index (χ2n) is 13.2. The van der Waals surface area contributed by atoms with E-state index >= 15 is 0 Å². The molecule has 0 N–H and O–H groups in total. The van der Waals surface area contributed by atoms with Gasteiger partial charge in [-0.2, -0.15) is 0 Å². The van der Waals surface area contributed by atoms with Gasteiger partial charge in [0.2, 0.25) is 0 Å². The topological polar surface area (TPSA) is 51.8 Å². The molecule has 3 heterocycles. The lowest BCUT2D eigenvalue weighted by atomic mass is 9.91. The lowest BCUT2D eigenvalue weighted by Crippen LogP contribution is -1.97. The number of hydrogen-bond acceptors (Lipinski definition) is 4. The quantitative estimate of drug-likeness (QED) is 0.176. The van der Waals surface area contributed by atoms with Gasteiger partial charge in [-0.1, -0.05) is 121 Å². The number of para-hydroxylation sites is 1. The van der Waals surface area contributed by atoms with Gasteiger partial charge < -0.3 is 4.42 Å². The highest BCUT2D eigenvalue weighted by Crippen LogP contribution is 2.40. The number of benzene rings is 7. The van der Waals surface area contributed by atoms with E-state index in [-0.39, 0.29) is 0 Å². The van der Waals surface area contributed by atoms with Crippen molar-refractivity contribution in [3.8, 4) is 67.3 Å². The van der Waals surface area contributed by atoms with Crippen LogP contribution in [0.1, 0.15) is 0 Å². The average Bonchev–Trinajstić information content (AvgIpc) is 3.62. The summed E-state index contributed by atoms with van der Waals surface area (Å²) in [6, 6.07) is 61.5.